The minimum Gasteiger partial charge on any atom is -0.361 e. The Hall–Kier alpha value is -3.64. The number of fused-ring (bicyclic) bond motifs is 1. The molecule has 0 fully saturated rings. The second kappa shape index (κ2) is 8.39. The van der Waals surface area contributed by atoms with Crippen LogP contribution in [0.25, 0.3) is 10.9 Å². The van der Waals surface area contributed by atoms with Crippen molar-refractivity contribution >= 4 is 34.1 Å². The molecule has 1 aromatic heterocycles. The van der Waals surface area contributed by atoms with Gasteiger partial charge in [-0.2, -0.15) is 0 Å². The fourth-order valence-electron chi connectivity index (χ4n) is 3.61. The predicted molar refractivity (Wildman–Crippen MR) is 117 cm³/mol. The molecular formula is C23H18ClN3O3. The van der Waals surface area contributed by atoms with Crippen molar-refractivity contribution in [3.05, 3.63) is 111 Å². The van der Waals surface area contributed by atoms with E-state index in [0.29, 0.717) is 0 Å². The van der Waals surface area contributed by atoms with Crippen LogP contribution >= 0.6 is 11.6 Å². The number of nitro benzene ring substituents is 1. The molecule has 1 heterocycles. The zero-order chi connectivity index (χ0) is 21.1. The van der Waals surface area contributed by atoms with Crippen LogP contribution in [0.1, 0.15) is 27.4 Å². The van der Waals surface area contributed by atoms with Crippen LogP contribution in [-0.4, -0.2) is 22.4 Å². The van der Waals surface area contributed by atoms with Crippen molar-refractivity contribution in [2.24, 2.45) is 0 Å². The van der Waals surface area contributed by atoms with Crippen molar-refractivity contribution < 1.29 is 9.72 Å². The van der Waals surface area contributed by atoms with E-state index >= 15 is 0 Å². The zero-order valence-electron chi connectivity index (χ0n) is 15.8. The van der Waals surface area contributed by atoms with Gasteiger partial charge in [0.2, 0.25) is 0 Å². The number of halogens is 1. The maximum Gasteiger partial charge on any atom is 0.283 e. The van der Waals surface area contributed by atoms with E-state index in [4.69, 9.17) is 11.6 Å². The molecule has 0 aliphatic heterocycles. The van der Waals surface area contributed by atoms with Gasteiger partial charge in [0, 0.05) is 40.7 Å². The van der Waals surface area contributed by atoms with E-state index in [-0.39, 0.29) is 28.7 Å². The molecule has 0 spiro atoms. The molecule has 0 saturated carbocycles. The van der Waals surface area contributed by atoms with Gasteiger partial charge in [0.25, 0.3) is 11.6 Å². The van der Waals surface area contributed by atoms with Gasteiger partial charge in [-0.25, -0.2) is 0 Å². The number of carbonyl (C=O) groups is 1. The van der Waals surface area contributed by atoms with Gasteiger partial charge in [-0.3, -0.25) is 14.9 Å². The Morgan fingerprint density at radius 2 is 1.80 bits per heavy atom. The molecule has 7 heteroatoms. The summed E-state index contributed by atoms with van der Waals surface area (Å²) in [4.78, 5) is 26.8. The summed E-state index contributed by atoms with van der Waals surface area (Å²) in [5, 5.41) is 15.5. The minimum absolute atomic E-state index is 0.0184. The van der Waals surface area contributed by atoms with Crippen molar-refractivity contribution in [2.75, 3.05) is 6.54 Å². The van der Waals surface area contributed by atoms with E-state index in [1.807, 2.05) is 60.8 Å². The summed E-state index contributed by atoms with van der Waals surface area (Å²) < 4.78 is 0. The van der Waals surface area contributed by atoms with Gasteiger partial charge in [0.05, 0.1) is 4.92 Å². The number of para-hydroxylation sites is 1. The molecule has 2 N–H and O–H groups in total. The smallest absolute Gasteiger partial charge is 0.283 e. The monoisotopic (exact) mass is 419 g/mol. The summed E-state index contributed by atoms with van der Waals surface area (Å²) in [5.41, 5.74) is 2.75. The molecule has 1 atom stereocenters. The number of nitro groups is 1. The van der Waals surface area contributed by atoms with E-state index in [2.05, 4.69) is 10.3 Å². The SMILES string of the molecule is O=C(NCC(c1ccccc1)c1c[nH]c2ccccc12)c1ccc(Cl)cc1[N+](=O)[O-]. The third kappa shape index (κ3) is 3.90. The number of aromatic amines is 1. The normalized spacial score (nSPS) is 11.9. The van der Waals surface area contributed by atoms with Crippen LogP contribution in [0.5, 0.6) is 0 Å². The number of H-pyrrole nitrogens is 1. The van der Waals surface area contributed by atoms with Gasteiger partial charge < -0.3 is 10.3 Å². The molecule has 0 radical (unpaired) electrons. The number of aromatic nitrogens is 1. The predicted octanol–water partition coefficient (Wildman–Crippen LogP) is 5.29. The van der Waals surface area contributed by atoms with Crippen LogP contribution in [-0.2, 0) is 0 Å². The van der Waals surface area contributed by atoms with Gasteiger partial charge in [-0.15, -0.1) is 0 Å². The lowest BCUT2D eigenvalue weighted by molar-refractivity contribution is -0.385. The fraction of sp³-hybridized carbons (Fsp3) is 0.0870. The third-order valence-corrected chi connectivity index (χ3v) is 5.30. The van der Waals surface area contributed by atoms with Crippen LogP contribution in [0.4, 0.5) is 5.69 Å². The summed E-state index contributed by atoms with van der Waals surface area (Å²) in [5.74, 6) is -0.642. The summed E-state index contributed by atoms with van der Waals surface area (Å²) >= 11 is 5.86. The van der Waals surface area contributed by atoms with Gasteiger partial charge in [-0.1, -0.05) is 60.1 Å². The Kier molecular flexibility index (Phi) is 5.50. The Labute approximate surface area is 177 Å². The van der Waals surface area contributed by atoms with E-state index in [0.717, 1.165) is 22.0 Å². The lowest BCUT2D eigenvalue weighted by atomic mass is 9.91. The third-order valence-electron chi connectivity index (χ3n) is 5.07. The van der Waals surface area contributed by atoms with E-state index in [1.54, 1.807) is 0 Å². The molecule has 4 aromatic rings. The molecule has 4 rings (SSSR count). The highest BCUT2D eigenvalue weighted by atomic mass is 35.5. The number of carbonyl (C=O) groups excluding carboxylic acids is 1. The van der Waals surface area contributed by atoms with E-state index < -0.39 is 10.8 Å². The Balaban J connectivity index is 1.66. The lowest BCUT2D eigenvalue weighted by Gasteiger charge is -2.18. The number of nitrogens with one attached hydrogen (secondary N) is 2. The summed E-state index contributed by atoms with van der Waals surface area (Å²) in [6.07, 6.45) is 1.94. The second-order valence-corrected chi connectivity index (χ2v) is 7.32. The quantitative estimate of drug-likeness (QED) is 0.328. The number of hydrogen-bond acceptors (Lipinski definition) is 3. The number of rotatable bonds is 6. The molecule has 30 heavy (non-hydrogen) atoms. The average Bonchev–Trinajstić information content (AvgIpc) is 3.18. The molecule has 0 saturated heterocycles. The summed E-state index contributed by atoms with van der Waals surface area (Å²) in [7, 11) is 0. The molecule has 1 unspecified atom stereocenters. The number of hydrogen-bond donors (Lipinski definition) is 2. The van der Waals surface area contributed by atoms with Crippen LogP contribution in [0.2, 0.25) is 5.02 Å². The topological polar surface area (TPSA) is 88.0 Å². The Bertz CT molecular complexity index is 1220. The van der Waals surface area contributed by atoms with Crippen LogP contribution < -0.4 is 5.32 Å². The highest BCUT2D eigenvalue weighted by Gasteiger charge is 2.23. The first kappa shape index (κ1) is 19.7. The number of benzene rings is 3. The average molecular weight is 420 g/mol. The van der Waals surface area contributed by atoms with Crippen molar-refractivity contribution in [3.63, 3.8) is 0 Å². The first-order chi connectivity index (χ1) is 14.5. The highest BCUT2D eigenvalue weighted by Crippen LogP contribution is 2.31. The second-order valence-electron chi connectivity index (χ2n) is 6.88. The van der Waals surface area contributed by atoms with Crippen LogP contribution in [0.15, 0.2) is 79.0 Å². The molecule has 0 bridgehead atoms. The van der Waals surface area contributed by atoms with Crippen LogP contribution in [0.3, 0.4) is 0 Å². The first-order valence-electron chi connectivity index (χ1n) is 9.37. The van der Waals surface area contributed by atoms with Gasteiger partial charge in [0.15, 0.2) is 0 Å². The number of nitrogens with zero attached hydrogens (tertiary/aromatic N) is 1. The van der Waals surface area contributed by atoms with E-state index in [1.165, 1.54) is 18.2 Å². The van der Waals surface area contributed by atoms with E-state index in [9.17, 15) is 14.9 Å². The maximum atomic E-state index is 12.8. The van der Waals surface area contributed by atoms with Crippen LogP contribution in [0, 0.1) is 10.1 Å². The largest absolute Gasteiger partial charge is 0.361 e. The van der Waals surface area contributed by atoms with Crippen molar-refractivity contribution in [1.82, 2.24) is 10.3 Å². The van der Waals surface area contributed by atoms with Gasteiger partial charge in [-0.05, 0) is 29.3 Å². The lowest BCUT2D eigenvalue weighted by Crippen LogP contribution is -2.29. The Morgan fingerprint density at radius 1 is 1.07 bits per heavy atom. The van der Waals surface area contributed by atoms with Crippen molar-refractivity contribution in [2.45, 2.75) is 5.92 Å². The summed E-state index contributed by atoms with van der Waals surface area (Å²) in [6.45, 7) is 0.282. The number of amides is 1. The molecular weight excluding hydrogens is 402 g/mol. The molecule has 1 amide bonds. The molecule has 3 aromatic carbocycles. The minimum atomic E-state index is -0.602. The van der Waals surface area contributed by atoms with Gasteiger partial charge >= 0.3 is 0 Å². The summed E-state index contributed by atoms with van der Waals surface area (Å²) in [6, 6.07) is 21.8. The maximum absolute atomic E-state index is 12.8. The zero-order valence-corrected chi connectivity index (χ0v) is 16.6. The standard InChI is InChI=1S/C23H18ClN3O3/c24-16-10-11-18(22(12-16)27(29)30)23(28)26-13-19(15-6-2-1-3-7-15)20-14-25-21-9-5-4-8-17(20)21/h1-12,14,19,25H,13H2,(H,26,28). The molecule has 6 nitrogen and oxygen atoms in total. The fourth-order valence-corrected chi connectivity index (χ4v) is 3.78. The first-order valence-corrected chi connectivity index (χ1v) is 9.75. The van der Waals surface area contributed by atoms with Crippen molar-refractivity contribution in [3.8, 4) is 0 Å². The molecule has 0 aliphatic rings. The molecule has 150 valence electrons. The highest BCUT2D eigenvalue weighted by molar-refractivity contribution is 6.31. The van der Waals surface area contributed by atoms with Crippen molar-refractivity contribution in [1.29, 1.82) is 0 Å². The Morgan fingerprint density at radius 3 is 2.57 bits per heavy atom. The van der Waals surface area contributed by atoms with Gasteiger partial charge in [0.1, 0.15) is 5.56 Å². The molecule has 0 aliphatic carbocycles.